The van der Waals surface area contributed by atoms with Crippen LogP contribution in [0.1, 0.15) is 5.56 Å². The Morgan fingerprint density at radius 3 is 2.75 bits per heavy atom. The van der Waals surface area contributed by atoms with E-state index in [1.807, 2.05) is 36.4 Å². The molecule has 0 unspecified atom stereocenters. The van der Waals surface area contributed by atoms with Gasteiger partial charge in [0.25, 0.3) is 0 Å². The molecule has 0 saturated carbocycles. The van der Waals surface area contributed by atoms with E-state index in [9.17, 15) is 0 Å². The van der Waals surface area contributed by atoms with Gasteiger partial charge in [-0.05, 0) is 35.0 Å². The van der Waals surface area contributed by atoms with Crippen molar-refractivity contribution in [3.05, 3.63) is 54.6 Å². The molecule has 0 aromatic heterocycles. The number of ether oxygens (including phenoxy) is 1. The fraction of sp³-hybridized carbons (Fsp3) is 0.0667. The minimum absolute atomic E-state index is 0.514. The predicted octanol–water partition coefficient (Wildman–Crippen LogP) is 3.39. The number of rotatable bonds is 3. The molecule has 1 nitrogen and oxygen atoms in total. The van der Waals surface area contributed by atoms with Crippen LogP contribution >= 0.6 is 0 Å². The van der Waals surface area contributed by atoms with E-state index in [1.54, 1.807) is 6.08 Å². The van der Waals surface area contributed by atoms with Gasteiger partial charge in [0.05, 0.1) is 0 Å². The molecule has 0 N–H and O–H groups in total. The highest BCUT2D eigenvalue weighted by molar-refractivity contribution is 5.85. The first-order valence-electron chi connectivity index (χ1n) is 5.07. The van der Waals surface area contributed by atoms with Gasteiger partial charge in [-0.3, -0.25) is 0 Å². The lowest BCUT2D eigenvalue weighted by Gasteiger charge is -2.05. The van der Waals surface area contributed by atoms with Gasteiger partial charge in [0.15, 0.2) is 0 Å². The topological polar surface area (TPSA) is 9.23 Å². The summed E-state index contributed by atoms with van der Waals surface area (Å²) in [5, 5.41) is 2.25. The van der Waals surface area contributed by atoms with Crippen LogP contribution < -0.4 is 4.74 Å². The van der Waals surface area contributed by atoms with Crippen LogP contribution in [0.5, 0.6) is 5.75 Å². The van der Waals surface area contributed by atoms with E-state index in [4.69, 9.17) is 11.2 Å². The first kappa shape index (κ1) is 10.3. The maximum atomic E-state index is 5.47. The largest absolute Gasteiger partial charge is 0.490 e. The van der Waals surface area contributed by atoms with Gasteiger partial charge in [0.1, 0.15) is 12.4 Å². The molecule has 0 aliphatic rings. The van der Waals surface area contributed by atoms with Crippen molar-refractivity contribution in [2.45, 2.75) is 0 Å². The highest BCUT2D eigenvalue weighted by atomic mass is 16.5. The van der Waals surface area contributed by atoms with Crippen molar-refractivity contribution in [1.82, 2.24) is 0 Å². The molecule has 0 bridgehead atoms. The van der Waals surface area contributed by atoms with Crippen molar-refractivity contribution < 1.29 is 4.74 Å². The van der Waals surface area contributed by atoms with E-state index in [0.29, 0.717) is 6.61 Å². The Balaban J connectivity index is 2.43. The van der Waals surface area contributed by atoms with Crippen LogP contribution in [0.25, 0.3) is 10.8 Å². The van der Waals surface area contributed by atoms with Gasteiger partial charge in [-0.15, -0.1) is 6.42 Å². The first-order chi connectivity index (χ1) is 7.83. The molecule has 2 rings (SSSR count). The highest BCUT2D eigenvalue weighted by Gasteiger charge is 1.97. The number of hydrogen-bond donors (Lipinski definition) is 0. The molecule has 0 amide bonds. The molecule has 0 saturated heterocycles. The maximum Gasteiger partial charge on any atom is 0.120 e. The van der Waals surface area contributed by atoms with Gasteiger partial charge >= 0.3 is 0 Å². The van der Waals surface area contributed by atoms with Gasteiger partial charge < -0.3 is 4.74 Å². The molecule has 1 heteroatoms. The van der Waals surface area contributed by atoms with Crippen molar-refractivity contribution in [3.8, 4) is 18.1 Å². The molecule has 0 heterocycles. The van der Waals surface area contributed by atoms with E-state index in [1.165, 1.54) is 0 Å². The zero-order chi connectivity index (χ0) is 11.4. The summed E-state index contributed by atoms with van der Waals surface area (Å²) < 4.78 is 5.47. The zero-order valence-electron chi connectivity index (χ0n) is 8.94. The summed E-state index contributed by atoms with van der Waals surface area (Å²) in [6.45, 7) is 4.13. The second-order valence-electron chi connectivity index (χ2n) is 3.47. The molecule has 0 fully saturated rings. The van der Waals surface area contributed by atoms with Crippen LogP contribution in [0, 0.1) is 12.3 Å². The molecule has 0 radical (unpaired) electrons. The van der Waals surface area contributed by atoms with Gasteiger partial charge in [-0.25, -0.2) is 0 Å². The van der Waals surface area contributed by atoms with Gasteiger partial charge in [-0.2, -0.15) is 0 Å². The molecule has 2 aromatic carbocycles. The third-order valence-corrected chi connectivity index (χ3v) is 2.35. The molecule has 0 spiro atoms. The van der Waals surface area contributed by atoms with Gasteiger partial charge in [0.2, 0.25) is 0 Å². The summed E-state index contributed by atoms with van der Waals surface area (Å²) in [6, 6.07) is 11.9. The second kappa shape index (κ2) is 4.55. The van der Waals surface area contributed by atoms with Crippen LogP contribution in [0.3, 0.4) is 0 Å². The Hall–Kier alpha value is -2.20. The first-order valence-corrected chi connectivity index (χ1v) is 5.07. The van der Waals surface area contributed by atoms with Crippen LogP contribution in [-0.4, -0.2) is 6.61 Å². The Kier molecular flexibility index (Phi) is 2.93. The third-order valence-electron chi connectivity index (χ3n) is 2.35. The number of fused-ring (bicyclic) bond motifs is 1. The Morgan fingerprint density at radius 1 is 1.19 bits per heavy atom. The molecule has 78 valence electrons. The SMILES string of the molecule is C#Cc1ccc2ccc(OCC=C)cc2c1. The summed E-state index contributed by atoms with van der Waals surface area (Å²) in [5.74, 6) is 3.46. The lowest BCUT2D eigenvalue weighted by atomic mass is 10.1. The van der Waals surface area contributed by atoms with E-state index in [-0.39, 0.29) is 0 Å². The minimum atomic E-state index is 0.514. The van der Waals surface area contributed by atoms with Crippen molar-refractivity contribution in [1.29, 1.82) is 0 Å². The van der Waals surface area contributed by atoms with Crippen LogP contribution in [0.15, 0.2) is 49.1 Å². The average molecular weight is 208 g/mol. The minimum Gasteiger partial charge on any atom is -0.490 e. The number of hydrogen-bond acceptors (Lipinski definition) is 1. The molecule has 0 aliphatic carbocycles. The monoisotopic (exact) mass is 208 g/mol. The van der Waals surface area contributed by atoms with Crippen molar-refractivity contribution in [2.24, 2.45) is 0 Å². The quantitative estimate of drug-likeness (QED) is 0.555. The van der Waals surface area contributed by atoms with Gasteiger partial charge in [0, 0.05) is 5.56 Å². The van der Waals surface area contributed by atoms with Crippen molar-refractivity contribution in [3.63, 3.8) is 0 Å². The predicted molar refractivity (Wildman–Crippen MR) is 67.6 cm³/mol. The molecular weight excluding hydrogens is 196 g/mol. The summed E-state index contributed by atoms with van der Waals surface area (Å²) in [7, 11) is 0. The Bertz CT molecular complexity index is 561. The normalized spacial score (nSPS) is 9.69. The average Bonchev–Trinajstić information content (AvgIpc) is 2.35. The van der Waals surface area contributed by atoms with Crippen molar-refractivity contribution in [2.75, 3.05) is 6.61 Å². The zero-order valence-corrected chi connectivity index (χ0v) is 8.94. The third kappa shape index (κ3) is 2.07. The van der Waals surface area contributed by atoms with Gasteiger partial charge in [-0.1, -0.05) is 30.7 Å². The lowest BCUT2D eigenvalue weighted by Crippen LogP contribution is -1.92. The van der Waals surface area contributed by atoms with E-state index >= 15 is 0 Å². The van der Waals surface area contributed by atoms with Crippen LogP contribution in [-0.2, 0) is 0 Å². The molecule has 16 heavy (non-hydrogen) atoms. The van der Waals surface area contributed by atoms with E-state index in [0.717, 1.165) is 22.1 Å². The molecule has 2 aromatic rings. The standard InChI is InChI=1S/C15H12O/c1-3-9-16-15-8-7-13-6-5-12(4-2)10-14(13)11-15/h2-3,5-8,10-11H,1,9H2. The number of terminal acetylenes is 1. The summed E-state index contributed by atoms with van der Waals surface area (Å²) in [6.07, 6.45) is 7.09. The highest BCUT2D eigenvalue weighted by Crippen LogP contribution is 2.21. The Labute approximate surface area is 95.4 Å². The molecule has 0 aliphatic heterocycles. The summed E-state index contributed by atoms with van der Waals surface area (Å²) in [5.41, 5.74) is 0.883. The van der Waals surface area contributed by atoms with Crippen molar-refractivity contribution >= 4 is 10.8 Å². The fourth-order valence-electron chi connectivity index (χ4n) is 1.56. The molecule has 0 atom stereocenters. The van der Waals surface area contributed by atoms with Crippen LogP contribution in [0.4, 0.5) is 0 Å². The summed E-state index contributed by atoms with van der Waals surface area (Å²) in [4.78, 5) is 0. The number of benzene rings is 2. The summed E-state index contributed by atoms with van der Waals surface area (Å²) >= 11 is 0. The lowest BCUT2D eigenvalue weighted by molar-refractivity contribution is 0.364. The maximum absolute atomic E-state index is 5.47. The van der Waals surface area contributed by atoms with E-state index in [2.05, 4.69) is 12.5 Å². The molecular formula is C15H12O. The van der Waals surface area contributed by atoms with E-state index < -0.39 is 0 Å². The second-order valence-corrected chi connectivity index (χ2v) is 3.47. The Morgan fingerprint density at radius 2 is 2.00 bits per heavy atom. The smallest absolute Gasteiger partial charge is 0.120 e. The van der Waals surface area contributed by atoms with Crippen LogP contribution in [0.2, 0.25) is 0 Å². The fourth-order valence-corrected chi connectivity index (χ4v) is 1.56.